The molecule has 0 aliphatic heterocycles. The van der Waals surface area contributed by atoms with E-state index in [1.54, 1.807) is 35.2 Å². The van der Waals surface area contributed by atoms with Gasteiger partial charge in [-0.3, -0.25) is 4.79 Å². The molecule has 0 unspecified atom stereocenters. The first kappa shape index (κ1) is 19.9. The summed E-state index contributed by atoms with van der Waals surface area (Å²) < 4.78 is 20.6. The molecule has 4 rings (SSSR count). The van der Waals surface area contributed by atoms with Crippen LogP contribution in [0.25, 0.3) is 17.1 Å². The molecule has 8 heteroatoms. The number of nitrogens with zero attached hydrogens (tertiary/aromatic N) is 3. The van der Waals surface area contributed by atoms with E-state index < -0.39 is 5.82 Å². The van der Waals surface area contributed by atoms with E-state index in [0.717, 1.165) is 5.69 Å². The Hall–Kier alpha value is -4.38. The van der Waals surface area contributed by atoms with Gasteiger partial charge in [0.15, 0.2) is 5.76 Å². The second kappa shape index (κ2) is 8.97. The number of furan rings is 1. The first-order chi connectivity index (χ1) is 15.2. The Morgan fingerprint density at radius 3 is 2.68 bits per heavy atom. The maximum atomic E-state index is 13.7. The minimum absolute atomic E-state index is 0.0564. The molecule has 4 aromatic rings. The zero-order chi connectivity index (χ0) is 21.6. The van der Waals surface area contributed by atoms with E-state index in [4.69, 9.17) is 9.68 Å². The molecule has 0 saturated carbocycles. The number of hydrogen-bond acceptors (Lipinski definition) is 5. The number of anilines is 1. The molecule has 154 valence electrons. The van der Waals surface area contributed by atoms with Crippen molar-refractivity contribution in [3.8, 4) is 23.2 Å². The van der Waals surface area contributed by atoms with Gasteiger partial charge in [0.2, 0.25) is 0 Å². The van der Waals surface area contributed by atoms with Crippen LogP contribution in [-0.2, 0) is 0 Å². The summed E-state index contributed by atoms with van der Waals surface area (Å²) in [4.78, 5) is 12.9. The van der Waals surface area contributed by atoms with Crippen LogP contribution in [0.1, 0.15) is 16.1 Å². The van der Waals surface area contributed by atoms with Crippen molar-refractivity contribution in [3.63, 3.8) is 0 Å². The van der Waals surface area contributed by atoms with Crippen LogP contribution >= 0.6 is 0 Å². The molecule has 0 aliphatic rings. The fourth-order valence-electron chi connectivity index (χ4n) is 3.10. The Bertz CT molecular complexity index is 1230. The molecular weight excluding hydrogens is 397 g/mol. The number of benzene rings is 2. The van der Waals surface area contributed by atoms with Crippen LogP contribution in [0, 0.1) is 17.1 Å². The third kappa shape index (κ3) is 4.31. The Balaban J connectivity index is 1.48. The molecule has 0 fully saturated rings. The summed E-state index contributed by atoms with van der Waals surface area (Å²) >= 11 is 0. The summed E-state index contributed by atoms with van der Waals surface area (Å²) in [6.07, 6.45) is 1.55. The zero-order valence-electron chi connectivity index (χ0n) is 16.4. The largest absolute Gasteiger partial charge is 0.463 e. The van der Waals surface area contributed by atoms with Crippen LogP contribution in [0.3, 0.4) is 0 Å². The van der Waals surface area contributed by atoms with Crippen molar-refractivity contribution in [2.75, 3.05) is 18.4 Å². The van der Waals surface area contributed by atoms with Gasteiger partial charge >= 0.3 is 0 Å². The predicted octanol–water partition coefficient (Wildman–Crippen LogP) is 3.98. The molecule has 2 aromatic carbocycles. The quantitative estimate of drug-likeness (QED) is 0.445. The van der Waals surface area contributed by atoms with Crippen molar-refractivity contribution in [3.05, 3.63) is 90.1 Å². The lowest BCUT2D eigenvalue weighted by atomic mass is 10.2. The minimum Gasteiger partial charge on any atom is -0.463 e. The first-order valence-corrected chi connectivity index (χ1v) is 9.57. The number of carbonyl (C=O) groups excluding carboxylic acids is 1. The SMILES string of the molecule is N#Cc1c(F)cccc1NCCNC(=O)c1cc(-c2ccco2)nn1-c1ccccc1. The number of carbonyl (C=O) groups is 1. The van der Waals surface area contributed by atoms with E-state index in [-0.39, 0.29) is 18.0 Å². The van der Waals surface area contributed by atoms with E-state index in [1.807, 2.05) is 36.4 Å². The molecule has 0 spiro atoms. The Morgan fingerprint density at radius 1 is 1.10 bits per heavy atom. The van der Waals surface area contributed by atoms with E-state index in [1.165, 1.54) is 12.1 Å². The zero-order valence-corrected chi connectivity index (χ0v) is 16.4. The monoisotopic (exact) mass is 415 g/mol. The van der Waals surface area contributed by atoms with Crippen molar-refractivity contribution >= 4 is 11.6 Å². The van der Waals surface area contributed by atoms with Crippen molar-refractivity contribution in [2.24, 2.45) is 0 Å². The number of halogens is 1. The predicted molar refractivity (Wildman–Crippen MR) is 113 cm³/mol. The van der Waals surface area contributed by atoms with Gasteiger partial charge in [-0.2, -0.15) is 10.4 Å². The molecule has 0 atom stereocenters. The highest BCUT2D eigenvalue weighted by Gasteiger charge is 2.18. The molecule has 2 N–H and O–H groups in total. The van der Waals surface area contributed by atoms with E-state index >= 15 is 0 Å². The second-order valence-corrected chi connectivity index (χ2v) is 6.60. The van der Waals surface area contributed by atoms with Crippen molar-refractivity contribution in [1.82, 2.24) is 15.1 Å². The molecule has 31 heavy (non-hydrogen) atoms. The third-order valence-corrected chi connectivity index (χ3v) is 4.57. The number of nitrogens with one attached hydrogen (secondary N) is 2. The van der Waals surface area contributed by atoms with Crippen LogP contribution in [0.2, 0.25) is 0 Å². The lowest BCUT2D eigenvalue weighted by Crippen LogP contribution is -2.30. The third-order valence-electron chi connectivity index (χ3n) is 4.57. The standard InChI is InChI=1S/C23H18FN5O2/c24-18-8-4-9-19(17(18)15-25)26-11-12-27-23(30)21-14-20(22-10-5-13-31-22)28-29(21)16-6-2-1-3-7-16/h1-10,13-14,26H,11-12H2,(H,27,30). The van der Waals surface area contributed by atoms with Gasteiger partial charge in [-0.1, -0.05) is 24.3 Å². The average molecular weight is 415 g/mol. The molecule has 1 amide bonds. The molecular formula is C23H18FN5O2. The van der Waals surface area contributed by atoms with Gasteiger partial charge in [-0.25, -0.2) is 9.07 Å². The number of amides is 1. The Kier molecular flexibility index (Phi) is 5.76. The summed E-state index contributed by atoms with van der Waals surface area (Å²) in [5.74, 6) is -0.356. The van der Waals surface area contributed by atoms with E-state index in [0.29, 0.717) is 29.4 Å². The fraction of sp³-hybridized carbons (Fsp3) is 0.0870. The molecule has 0 radical (unpaired) electrons. The van der Waals surface area contributed by atoms with E-state index in [9.17, 15) is 9.18 Å². The first-order valence-electron chi connectivity index (χ1n) is 9.57. The summed E-state index contributed by atoms with van der Waals surface area (Å²) in [5, 5.41) is 19.4. The normalized spacial score (nSPS) is 10.5. The van der Waals surface area contributed by atoms with Gasteiger partial charge in [0.1, 0.15) is 28.8 Å². The van der Waals surface area contributed by atoms with Gasteiger partial charge in [0.05, 0.1) is 17.6 Å². The molecule has 0 bridgehead atoms. The Morgan fingerprint density at radius 2 is 1.94 bits per heavy atom. The highest BCUT2D eigenvalue weighted by atomic mass is 19.1. The van der Waals surface area contributed by atoms with Gasteiger partial charge in [0, 0.05) is 19.2 Å². The van der Waals surface area contributed by atoms with Crippen molar-refractivity contribution in [1.29, 1.82) is 5.26 Å². The van der Waals surface area contributed by atoms with Crippen LogP contribution in [0.15, 0.2) is 77.4 Å². The van der Waals surface area contributed by atoms with Crippen molar-refractivity contribution in [2.45, 2.75) is 0 Å². The number of nitriles is 1. The summed E-state index contributed by atoms with van der Waals surface area (Å²) in [5.41, 5.74) is 1.95. The highest BCUT2D eigenvalue weighted by Crippen LogP contribution is 2.22. The maximum absolute atomic E-state index is 13.7. The summed E-state index contributed by atoms with van der Waals surface area (Å²) in [6.45, 7) is 0.574. The number of rotatable bonds is 7. The molecule has 0 saturated heterocycles. The molecule has 7 nitrogen and oxygen atoms in total. The Labute approximate surface area is 177 Å². The van der Waals surface area contributed by atoms with Gasteiger partial charge in [-0.05, 0) is 36.4 Å². The van der Waals surface area contributed by atoms with Crippen LogP contribution < -0.4 is 10.6 Å². The molecule has 2 aromatic heterocycles. The molecule has 2 heterocycles. The number of para-hydroxylation sites is 1. The second-order valence-electron chi connectivity index (χ2n) is 6.60. The maximum Gasteiger partial charge on any atom is 0.270 e. The molecule has 0 aliphatic carbocycles. The highest BCUT2D eigenvalue weighted by molar-refractivity contribution is 5.94. The van der Waals surface area contributed by atoms with Crippen LogP contribution in [0.5, 0.6) is 0 Å². The van der Waals surface area contributed by atoms with Gasteiger partial charge in [0.25, 0.3) is 5.91 Å². The smallest absolute Gasteiger partial charge is 0.270 e. The number of hydrogen-bond donors (Lipinski definition) is 2. The minimum atomic E-state index is -0.589. The van der Waals surface area contributed by atoms with Crippen molar-refractivity contribution < 1.29 is 13.6 Å². The average Bonchev–Trinajstić information content (AvgIpc) is 3.47. The summed E-state index contributed by atoms with van der Waals surface area (Å²) in [6, 6.07) is 20.7. The van der Waals surface area contributed by atoms with Crippen LogP contribution in [-0.4, -0.2) is 28.8 Å². The lowest BCUT2D eigenvalue weighted by Gasteiger charge is -2.10. The van der Waals surface area contributed by atoms with Crippen LogP contribution in [0.4, 0.5) is 10.1 Å². The topological polar surface area (TPSA) is 95.9 Å². The van der Waals surface area contributed by atoms with Gasteiger partial charge < -0.3 is 15.1 Å². The number of aromatic nitrogens is 2. The van der Waals surface area contributed by atoms with Gasteiger partial charge in [-0.15, -0.1) is 0 Å². The van der Waals surface area contributed by atoms with E-state index in [2.05, 4.69) is 15.7 Å². The fourth-order valence-corrected chi connectivity index (χ4v) is 3.10. The summed E-state index contributed by atoms with van der Waals surface area (Å²) in [7, 11) is 0. The lowest BCUT2D eigenvalue weighted by molar-refractivity contribution is 0.0947.